The number of nitriles is 1. The maximum atomic E-state index is 9.15. The zero-order valence-corrected chi connectivity index (χ0v) is 9.93. The molecular weight excluding hydrogens is 238 g/mol. The Morgan fingerprint density at radius 3 is 2.47 bits per heavy atom. The molecule has 19 heavy (non-hydrogen) atoms. The van der Waals surface area contributed by atoms with Crippen molar-refractivity contribution in [2.24, 2.45) is 0 Å². The van der Waals surface area contributed by atoms with E-state index < -0.39 is 0 Å². The zero-order chi connectivity index (χ0) is 13.1. The van der Waals surface area contributed by atoms with Crippen molar-refractivity contribution in [1.29, 1.82) is 5.26 Å². The highest BCUT2D eigenvalue weighted by atomic mass is 15.5. The van der Waals surface area contributed by atoms with E-state index in [0.29, 0.717) is 17.1 Å². The summed E-state index contributed by atoms with van der Waals surface area (Å²) in [5.41, 5.74) is 2.11. The van der Waals surface area contributed by atoms with Gasteiger partial charge < -0.3 is 0 Å². The van der Waals surface area contributed by atoms with E-state index >= 15 is 0 Å². The molecule has 0 bridgehead atoms. The first-order valence-corrected chi connectivity index (χ1v) is 5.73. The first-order chi connectivity index (χ1) is 9.40. The van der Waals surface area contributed by atoms with Crippen LogP contribution in [0.25, 0.3) is 17.1 Å². The van der Waals surface area contributed by atoms with Crippen molar-refractivity contribution in [3.8, 4) is 23.1 Å². The molecule has 0 radical (unpaired) electrons. The molecule has 0 aliphatic rings. The van der Waals surface area contributed by atoms with Crippen molar-refractivity contribution >= 4 is 0 Å². The van der Waals surface area contributed by atoms with Crippen LogP contribution in [-0.2, 0) is 0 Å². The lowest BCUT2D eigenvalue weighted by atomic mass is 10.1. The maximum absolute atomic E-state index is 9.15. The van der Waals surface area contributed by atoms with Crippen LogP contribution in [-0.4, -0.2) is 20.2 Å². The topological polar surface area (TPSA) is 67.4 Å². The lowest BCUT2D eigenvalue weighted by Crippen LogP contribution is -2.02. The van der Waals surface area contributed by atoms with E-state index in [9.17, 15) is 0 Å². The molecule has 5 heteroatoms. The second-order valence-electron chi connectivity index (χ2n) is 3.91. The Hall–Kier alpha value is -3.00. The molecule has 0 aliphatic carbocycles. The fraction of sp³-hybridized carbons (Fsp3) is 0. The molecule has 90 valence electrons. The van der Waals surface area contributed by atoms with Gasteiger partial charge in [0.05, 0.1) is 11.3 Å². The number of tetrazole rings is 1. The first-order valence-electron chi connectivity index (χ1n) is 5.73. The Balaban J connectivity index is 2.19. The summed E-state index contributed by atoms with van der Waals surface area (Å²) >= 11 is 0. The third kappa shape index (κ3) is 1.96. The highest BCUT2D eigenvalue weighted by Crippen LogP contribution is 2.20. The lowest BCUT2D eigenvalue weighted by molar-refractivity contribution is 0.789. The largest absolute Gasteiger partial charge is 0.192 e. The molecule has 0 aliphatic heterocycles. The normalized spacial score (nSPS) is 10.1. The highest BCUT2D eigenvalue weighted by Gasteiger charge is 2.12. The van der Waals surface area contributed by atoms with Crippen LogP contribution >= 0.6 is 0 Å². The Morgan fingerprint density at radius 2 is 1.68 bits per heavy atom. The molecule has 3 aromatic rings. The van der Waals surface area contributed by atoms with Crippen molar-refractivity contribution in [3.05, 3.63) is 60.2 Å². The predicted octanol–water partition coefficient (Wildman–Crippen LogP) is 2.20. The summed E-state index contributed by atoms with van der Waals surface area (Å²) in [6.07, 6.45) is 0. The maximum Gasteiger partial charge on any atom is 0.187 e. The van der Waals surface area contributed by atoms with Gasteiger partial charge in [-0.15, -0.1) is 5.10 Å². The quantitative estimate of drug-likeness (QED) is 0.696. The summed E-state index contributed by atoms with van der Waals surface area (Å²) in [4.78, 5) is 0. The minimum atomic E-state index is 0.534. The van der Waals surface area contributed by atoms with E-state index in [1.54, 1.807) is 10.7 Å². The van der Waals surface area contributed by atoms with Crippen molar-refractivity contribution < 1.29 is 0 Å². The van der Waals surface area contributed by atoms with Crippen molar-refractivity contribution in [1.82, 2.24) is 20.2 Å². The average molecular weight is 247 g/mol. The smallest absolute Gasteiger partial charge is 0.187 e. The molecule has 3 rings (SSSR count). The van der Waals surface area contributed by atoms with Gasteiger partial charge in [0.25, 0.3) is 0 Å². The number of hydrogen-bond donors (Lipinski definition) is 0. The van der Waals surface area contributed by atoms with E-state index in [2.05, 4.69) is 21.6 Å². The second-order valence-corrected chi connectivity index (χ2v) is 3.91. The summed E-state index contributed by atoms with van der Waals surface area (Å²) in [5.74, 6) is 0.614. The zero-order valence-electron chi connectivity index (χ0n) is 9.93. The fourth-order valence-electron chi connectivity index (χ4n) is 1.87. The molecule has 0 amide bonds. The third-order valence-corrected chi connectivity index (χ3v) is 2.75. The van der Waals surface area contributed by atoms with Crippen LogP contribution in [0.5, 0.6) is 0 Å². The highest BCUT2D eigenvalue weighted by molar-refractivity contribution is 5.59. The number of aromatic nitrogens is 4. The first kappa shape index (κ1) is 11.1. The van der Waals surface area contributed by atoms with Gasteiger partial charge in [-0.1, -0.05) is 42.5 Å². The Kier molecular flexibility index (Phi) is 2.75. The van der Waals surface area contributed by atoms with Gasteiger partial charge in [-0.05, 0) is 22.6 Å². The Bertz CT molecular complexity index is 740. The van der Waals surface area contributed by atoms with Crippen molar-refractivity contribution in [3.63, 3.8) is 0 Å². The number of rotatable bonds is 2. The van der Waals surface area contributed by atoms with E-state index in [1.807, 2.05) is 48.5 Å². The molecule has 1 aromatic heterocycles. The molecular formula is C14H9N5. The average Bonchev–Trinajstić information content (AvgIpc) is 2.97. The number of nitrogens with zero attached hydrogens (tertiary/aromatic N) is 5. The SMILES string of the molecule is N#Cc1ccccc1-n1nnnc1-c1ccccc1. The van der Waals surface area contributed by atoms with Crippen LogP contribution in [0, 0.1) is 11.3 Å². The molecule has 2 aromatic carbocycles. The van der Waals surface area contributed by atoms with Crippen molar-refractivity contribution in [2.75, 3.05) is 0 Å². The minimum Gasteiger partial charge on any atom is -0.192 e. The molecule has 0 saturated carbocycles. The number of hydrogen-bond acceptors (Lipinski definition) is 4. The van der Waals surface area contributed by atoms with E-state index in [4.69, 9.17) is 5.26 Å². The number of benzene rings is 2. The second kappa shape index (κ2) is 4.70. The summed E-state index contributed by atoms with van der Waals surface area (Å²) in [6.45, 7) is 0. The van der Waals surface area contributed by atoms with Gasteiger partial charge >= 0.3 is 0 Å². The monoisotopic (exact) mass is 247 g/mol. The molecule has 5 nitrogen and oxygen atoms in total. The predicted molar refractivity (Wildman–Crippen MR) is 69.3 cm³/mol. The molecule has 0 fully saturated rings. The van der Waals surface area contributed by atoms with Crippen LogP contribution in [0.2, 0.25) is 0 Å². The molecule has 0 N–H and O–H groups in total. The van der Waals surface area contributed by atoms with Crippen LogP contribution in [0.15, 0.2) is 54.6 Å². The minimum absolute atomic E-state index is 0.534. The van der Waals surface area contributed by atoms with Gasteiger partial charge in [0.2, 0.25) is 0 Å². The van der Waals surface area contributed by atoms with Crippen molar-refractivity contribution in [2.45, 2.75) is 0 Å². The summed E-state index contributed by atoms with van der Waals surface area (Å²) in [7, 11) is 0. The van der Waals surface area contributed by atoms with Gasteiger partial charge in [-0.25, -0.2) is 0 Å². The fourth-order valence-corrected chi connectivity index (χ4v) is 1.87. The van der Waals surface area contributed by atoms with Crippen LogP contribution in [0.3, 0.4) is 0 Å². The molecule has 0 atom stereocenters. The van der Waals surface area contributed by atoms with Crippen LogP contribution in [0.4, 0.5) is 0 Å². The molecule has 0 saturated heterocycles. The van der Waals surface area contributed by atoms with Gasteiger partial charge in [-0.3, -0.25) is 0 Å². The van der Waals surface area contributed by atoms with E-state index in [0.717, 1.165) is 5.56 Å². The Morgan fingerprint density at radius 1 is 0.947 bits per heavy atom. The van der Waals surface area contributed by atoms with Crippen LogP contribution in [0.1, 0.15) is 5.56 Å². The van der Waals surface area contributed by atoms with E-state index in [-0.39, 0.29) is 0 Å². The van der Waals surface area contributed by atoms with E-state index in [1.165, 1.54) is 0 Å². The number of para-hydroxylation sites is 1. The standard InChI is InChI=1S/C14H9N5/c15-10-12-8-4-5-9-13(12)19-14(16-17-18-19)11-6-2-1-3-7-11/h1-9H. The van der Waals surface area contributed by atoms with Crippen LogP contribution < -0.4 is 0 Å². The lowest BCUT2D eigenvalue weighted by Gasteiger charge is -2.05. The summed E-state index contributed by atoms with van der Waals surface area (Å²) < 4.78 is 1.58. The van der Waals surface area contributed by atoms with Gasteiger partial charge in [0.1, 0.15) is 6.07 Å². The molecule has 0 spiro atoms. The van der Waals surface area contributed by atoms with Gasteiger partial charge in [-0.2, -0.15) is 9.94 Å². The van der Waals surface area contributed by atoms with Gasteiger partial charge in [0.15, 0.2) is 5.82 Å². The molecule has 1 heterocycles. The third-order valence-electron chi connectivity index (χ3n) is 2.75. The summed E-state index contributed by atoms with van der Waals surface area (Å²) in [5, 5.41) is 20.9. The molecule has 0 unspecified atom stereocenters. The summed E-state index contributed by atoms with van der Waals surface area (Å²) in [6, 6.07) is 19.0. The van der Waals surface area contributed by atoms with Gasteiger partial charge in [0, 0.05) is 5.56 Å². The Labute approximate surface area is 109 Å².